The summed E-state index contributed by atoms with van der Waals surface area (Å²) in [6, 6.07) is -0.281. The topological polar surface area (TPSA) is 71.7 Å². The van der Waals surface area contributed by atoms with E-state index >= 15 is 0 Å². The Morgan fingerprint density at radius 2 is 2.15 bits per heavy atom. The van der Waals surface area contributed by atoms with E-state index in [1.807, 2.05) is 13.8 Å². The van der Waals surface area contributed by atoms with E-state index in [2.05, 4.69) is 15.4 Å². The van der Waals surface area contributed by atoms with Gasteiger partial charge in [0.05, 0.1) is 36.6 Å². The molecule has 2 aliphatic rings. The summed E-state index contributed by atoms with van der Waals surface area (Å²) < 4.78 is 48.6. The normalized spacial score (nSPS) is 27.9. The smallest absolute Gasteiger partial charge is 0.256 e. The molecular formula is C17H21F3N4O2. The van der Waals surface area contributed by atoms with Gasteiger partial charge in [0, 0.05) is 18.6 Å². The van der Waals surface area contributed by atoms with E-state index in [0.29, 0.717) is 18.7 Å². The van der Waals surface area contributed by atoms with Crippen molar-refractivity contribution in [1.29, 1.82) is 0 Å². The van der Waals surface area contributed by atoms with Gasteiger partial charge in [-0.1, -0.05) is 13.8 Å². The van der Waals surface area contributed by atoms with Crippen LogP contribution in [0.4, 0.5) is 19.1 Å². The molecular weight excluding hydrogens is 349 g/mol. The van der Waals surface area contributed by atoms with Crippen LogP contribution in [-0.4, -0.2) is 51.0 Å². The number of aliphatic hydroxyl groups excluding tert-OH is 1. The fraction of sp³-hybridized carbons (Fsp3) is 0.647. The zero-order valence-electron chi connectivity index (χ0n) is 14.5. The summed E-state index contributed by atoms with van der Waals surface area (Å²) in [5.41, 5.74) is 0.574. The van der Waals surface area contributed by atoms with E-state index < -0.39 is 23.8 Å². The summed E-state index contributed by atoms with van der Waals surface area (Å²) in [5.74, 6) is -4.61. The zero-order valence-corrected chi connectivity index (χ0v) is 14.5. The highest BCUT2D eigenvalue weighted by Gasteiger charge is 2.60. The highest BCUT2D eigenvalue weighted by atomic mass is 19.3. The lowest BCUT2D eigenvalue weighted by atomic mass is 10.0. The van der Waals surface area contributed by atoms with Crippen LogP contribution in [0.3, 0.4) is 0 Å². The van der Waals surface area contributed by atoms with Gasteiger partial charge in [0.1, 0.15) is 5.52 Å². The maximum absolute atomic E-state index is 14.8. The van der Waals surface area contributed by atoms with E-state index in [1.165, 1.54) is 10.7 Å². The fourth-order valence-electron chi connectivity index (χ4n) is 3.59. The van der Waals surface area contributed by atoms with Crippen LogP contribution in [0.15, 0.2) is 6.20 Å². The maximum atomic E-state index is 14.8. The number of ether oxygens (including phenoxy) is 1. The summed E-state index contributed by atoms with van der Waals surface area (Å²) in [4.78, 5) is 4.10. The van der Waals surface area contributed by atoms with Crippen molar-refractivity contribution in [2.45, 2.75) is 56.6 Å². The summed E-state index contributed by atoms with van der Waals surface area (Å²) in [5, 5.41) is 17.3. The number of alkyl halides is 2. The van der Waals surface area contributed by atoms with Crippen molar-refractivity contribution < 1.29 is 23.0 Å². The number of fused-ring (bicyclic) bond motifs is 1. The number of anilines is 1. The Labute approximate surface area is 148 Å². The molecule has 142 valence electrons. The Morgan fingerprint density at radius 3 is 2.77 bits per heavy atom. The van der Waals surface area contributed by atoms with Crippen molar-refractivity contribution in [2.75, 3.05) is 18.5 Å². The molecule has 1 aliphatic carbocycles. The van der Waals surface area contributed by atoms with E-state index in [4.69, 9.17) is 4.74 Å². The van der Waals surface area contributed by atoms with Crippen LogP contribution in [0.1, 0.15) is 49.8 Å². The average molecular weight is 370 g/mol. The van der Waals surface area contributed by atoms with Crippen LogP contribution in [0, 0.1) is 5.82 Å². The average Bonchev–Trinajstić information content (AvgIpc) is 3.10. The summed E-state index contributed by atoms with van der Waals surface area (Å²) in [6.07, 6.45) is 0.841. The SMILES string of the molecule is CC(C)c1c(C2CC2(F)F)c(F)c2cnc(N[C@@H]3CCOC[C@H]3O)nn12. The van der Waals surface area contributed by atoms with Gasteiger partial charge >= 0.3 is 0 Å². The first kappa shape index (κ1) is 17.5. The highest BCUT2D eigenvalue weighted by Crippen LogP contribution is 2.58. The molecule has 2 aromatic rings. The first-order valence-corrected chi connectivity index (χ1v) is 8.76. The van der Waals surface area contributed by atoms with Gasteiger partial charge in [-0.15, -0.1) is 5.10 Å². The number of halogens is 3. The summed E-state index contributed by atoms with van der Waals surface area (Å²) in [7, 11) is 0. The highest BCUT2D eigenvalue weighted by molar-refractivity contribution is 5.57. The first-order chi connectivity index (χ1) is 12.3. The van der Waals surface area contributed by atoms with Crippen LogP contribution < -0.4 is 5.32 Å². The standard InChI is InChI=1S/C17H21F3N4O2/c1-8(2)15-13(9-5-17(9,19)20)14(18)11-6-21-16(23-24(11)15)22-10-3-4-26-7-12(10)25/h6,8-10,12,25H,3-5,7H2,1-2H3,(H,22,23)/t9?,10-,12-/m1/s1. The molecule has 6 nitrogen and oxygen atoms in total. The second-order valence-electron chi connectivity index (χ2n) is 7.35. The van der Waals surface area contributed by atoms with Crippen molar-refractivity contribution in [2.24, 2.45) is 0 Å². The van der Waals surface area contributed by atoms with Gasteiger partial charge in [-0.2, -0.15) is 0 Å². The number of aromatic nitrogens is 3. The first-order valence-electron chi connectivity index (χ1n) is 8.76. The molecule has 0 amide bonds. The van der Waals surface area contributed by atoms with Crippen LogP contribution in [0.5, 0.6) is 0 Å². The Hall–Kier alpha value is -1.87. The minimum absolute atomic E-state index is 0.0440. The molecule has 3 atom stereocenters. The molecule has 1 saturated carbocycles. The van der Waals surface area contributed by atoms with E-state index in [1.54, 1.807) is 0 Å². The Bertz CT molecular complexity index is 839. The molecule has 0 spiro atoms. The Morgan fingerprint density at radius 1 is 1.42 bits per heavy atom. The van der Waals surface area contributed by atoms with Crippen LogP contribution >= 0.6 is 0 Å². The number of hydrogen-bond donors (Lipinski definition) is 2. The third-order valence-electron chi connectivity index (χ3n) is 5.06. The fourth-order valence-corrected chi connectivity index (χ4v) is 3.59. The van der Waals surface area contributed by atoms with Crippen LogP contribution in [0.2, 0.25) is 0 Å². The lowest BCUT2D eigenvalue weighted by molar-refractivity contribution is -0.0136. The van der Waals surface area contributed by atoms with Crippen LogP contribution in [-0.2, 0) is 4.74 Å². The molecule has 0 bridgehead atoms. The van der Waals surface area contributed by atoms with Crippen LogP contribution in [0.25, 0.3) is 5.52 Å². The van der Waals surface area contributed by atoms with Crippen molar-refractivity contribution in [3.63, 3.8) is 0 Å². The number of nitrogens with zero attached hydrogens (tertiary/aromatic N) is 3. The van der Waals surface area contributed by atoms with Gasteiger partial charge in [0.25, 0.3) is 5.92 Å². The molecule has 1 aliphatic heterocycles. The third-order valence-corrected chi connectivity index (χ3v) is 5.06. The molecule has 26 heavy (non-hydrogen) atoms. The van der Waals surface area contributed by atoms with Gasteiger partial charge in [-0.05, 0) is 12.3 Å². The molecule has 0 aromatic carbocycles. The predicted molar refractivity (Wildman–Crippen MR) is 88.2 cm³/mol. The molecule has 1 unspecified atom stereocenters. The molecule has 4 rings (SSSR count). The lowest BCUT2D eigenvalue weighted by Gasteiger charge is -2.28. The van der Waals surface area contributed by atoms with Gasteiger partial charge in [-0.25, -0.2) is 22.7 Å². The van der Waals surface area contributed by atoms with Gasteiger partial charge in [0.2, 0.25) is 5.95 Å². The minimum Gasteiger partial charge on any atom is -0.389 e. The lowest BCUT2D eigenvalue weighted by Crippen LogP contribution is -2.42. The van der Waals surface area contributed by atoms with Gasteiger partial charge in [-0.3, -0.25) is 0 Å². The van der Waals surface area contributed by atoms with E-state index in [-0.39, 0.29) is 42.0 Å². The summed E-state index contributed by atoms with van der Waals surface area (Å²) >= 11 is 0. The van der Waals surface area contributed by atoms with Gasteiger partial charge in [0.15, 0.2) is 5.82 Å². The summed E-state index contributed by atoms with van der Waals surface area (Å²) in [6.45, 7) is 4.37. The third kappa shape index (κ3) is 2.83. The quantitative estimate of drug-likeness (QED) is 0.866. The molecule has 2 N–H and O–H groups in total. The molecule has 2 fully saturated rings. The number of aliphatic hydroxyl groups is 1. The van der Waals surface area contributed by atoms with Gasteiger partial charge < -0.3 is 15.2 Å². The van der Waals surface area contributed by atoms with Crippen molar-refractivity contribution in [3.05, 3.63) is 23.3 Å². The minimum atomic E-state index is -2.86. The number of rotatable bonds is 4. The molecule has 0 radical (unpaired) electrons. The van der Waals surface area contributed by atoms with Crippen molar-refractivity contribution in [1.82, 2.24) is 14.6 Å². The Kier molecular flexibility index (Phi) is 4.11. The second-order valence-corrected chi connectivity index (χ2v) is 7.35. The van der Waals surface area contributed by atoms with E-state index in [9.17, 15) is 18.3 Å². The van der Waals surface area contributed by atoms with E-state index in [0.717, 1.165) is 0 Å². The maximum Gasteiger partial charge on any atom is 0.256 e. The number of nitrogens with one attached hydrogen (secondary N) is 1. The zero-order chi connectivity index (χ0) is 18.6. The predicted octanol–water partition coefficient (Wildman–Crippen LogP) is 2.68. The molecule has 3 heterocycles. The molecule has 2 aromatic heterocycles. The number of hydrogen-bond acceptors (Lipinski definition) is 5. The largest absolute Gasteiger partial charge is 0.389 e. The van der Waals surface area contributed by atoms with Crippen molar-refractivity contribution in [3.8, 4) is 0 Å². The second kappa shape index (κ2) is 6.09. The van der Waals surface area contributed by atoms with Crippen molar-refractivity contribution >= 4 is 11.5 Å². The molecule has 9 heteroatoms. The monoisotopic (exact) mass is 370 g/mol. The Balaban J connectivity index is 1.74. The molecule has 1 saturated heterocycles.